The van der Waals surface area contributed by atoms with E-state index in [1.807, 2.05) is 4.90 Å². The number of carbonyl (C=O) groups excluding carboxylic acids is 1. The van der Waals surface area contributed by atoms with Crippen molar-refractivity contribution in [3.63, 3.8) is 0 Å². The van der Waals surface area contributed by atoms with Gasteiger partial charge in [0.15, 0.2) is 0 Å². The fourth-order valence-corrected chi connectivity index (χ4v) is 4.10. The van der Waals surface area contributed by atoms with Crippen molar-refractivity contribution in [2.24, 2.45) is 17.8 Å². The summed E-state index contributed by atoms with van der Waals surface area (Å²) < 4.78 is 11.9. The van der Waals surface area contributed by atoms with Gasteiger partial charge in [0.25, 0.3) is 0 Å². The molecule has 21 heavy (non-hydrogen) atoms. The maximum Gasteiger partial charge on any atom is 0.412 e. The van der Waals surface area contributed by atoms with Crippen LogP contribution in [0.25, 0.3) is 0 Å². The Labute approximate surface area is 128 Å². The maximum atomic E-state index is 12.3. The van der Waals surface area contributed by atoms with E-state index in [9.17, 15) is 4.79 Å². The zero-order valence-corrected chi connectivity index (χ0v) is 13.4. The first-order chi connectivity index (χ1) is 10.1. The smallest absolute Gasteiger partial charge is 0.412 e. The monoisotopic (exact) mass is 295 g/mol. The first-order valence-electron chi connectivity index (χ1n) is 8.74. The molecule has 4 heteroatoms. The summed E-state index contributed by atoms with van der Waals surface area (Å²) in [7, 11) is 0. The Balaban J connectivity index is 1.53. The van der Waals surface area contributed by atoms with Crippen molar-refractivity contribution < 1.29 is 14.3 Å². The molecule has 4 nitrogen and oxygen atoms in total. The summed E-state index contributed by atoms with van der Waals surface area (Å²) in [5.41, 5.74) is 0. The van der Waals surface area contributed by atoms with E-state index in [1.54, 1.807) is 0 Å². The number of ether oxygens (including phenoxy) is 2. The quantitative estimate of drug-likeness (QED) is 0.741. The molecule has 120 valence electrons. The predicted molar refractivity (Wildman–Crippen MR) is 80.9 cm³/mol. The van der Waals surface area contributed by atoms with Crippen LogP contribution in [0, 0.1) is 17.8 Å². The molecule has 0 aromatic carbocycles. The van der Waals surface area contributed by atoms with E-state index < -0.39 is 0 Å². The summed E-state index contributed by atoms with van der Waals surface area (Å²) in [5, 5.41) is 0. The second-order valence-corrected chi connectivity index (χ2v) is 7.39. The van der Waals surface area contributed by atoms with Crippen LogP contribution in [0.5, 0.6) is 0 Å². The molecule has 4 atom stereocenters. The third kappa shape index (κ3) is 3.53. The van der Waals surface area contributed by atoms with Crippen LogP contribution in [0.2, 0.25) is 0 Å². The summed E-state index contributed by atoms with van der Waals surface area (Å²) in [5.74, 6) is 1.76. The molecule has 0 aromatic rings. The molecule has 4 unspecified atom stereocenters. The van der Waals surface area contributed by atoms with Crippen molar-refractivity contribution in [1.82, 2.24) is 4.90 Å². The third-order valence-corrected chi connectivity index (χ3v) is 5.36. The van der Waals surface area contributed by atoms with Crippen LogP contribution in [0.3, 0.4) is 0 Å². The van der Waals surface area contributed by atoms with Crippen molar-refractivity contribution in [2.45, 2.75) is 71.2 Å². The number of piperidine rings is 1. The average Bonchev–Trinajstić information content (AvgIpc) is 3.10. The molecule has 3 rings (SSSR count). The van der Waals surface area contributed by atoms with Gasteiger partial charge in [0.1, 0.15) is 0 Å². The van der Waals surface area contributed by atoms with Gasteiger partial charge in [0.2, 0.25) is 6.29 Å². The largest absolute Gasteiger partial charge is 0.419 e. The molecule has 2 bridgehead atoms. The van der Waals surface area contributed by atoms with E-state index >= 15 is 0 Å². The van der Waals surface area contributed by atoms with Crippen LogP contribution in [0.4, 0.5) is 4.79 Å². The first-order valence-corrected chi connectivity index (χ1v) is 8.74. The van der Waals surface area contributed by atoms with Crippen LogP contribution in [0.15, 0.2) is 0 Å². The van der Waals surface area contributed by atoms with Crippen LogP contribution < -0.4 is 0 Å². The molecule has 1 aliphatic heterocycles. The van der Waals surface area contributed by atoms with E-state index in [4.69, 9.17) is 9.47 Å². The molecule has 1 heterocycles. The fourth-order valence-electron chi connectivity index (χ4n) is 4.10. The lowest BCUT2D eigenvalue weighted by molar-refractivity contribution is -0.175. The van der Waals surface area contributed by atoms with Gasteiger partial charge in [-0.1, -0.05) is 13.8 Å². The lowest BCUT2D eigenvalue weighted by atomic mass is 9.97. The molecule has 2 saturated carbocycles. The molecule has 1 saturated heterocycles. The van der Waals surface area contributed by atoms with E-state index in [0.29, 0.717) is 12.0 Å². The van der Waals surface area contributed by atoms with Crippen molar-refractivity contribution in [2.75, 3.05) is 13.1 Å². The Morgan fingerprint density at radius 1 is 1.10 bits per heavy atom. The summed E-state index contributed by atoms with van der Waals surface area (Å²) >= 11 is 0. The van der Waals surface area contributed by atoms with E-state index in [-0.39, 0.29) is 18.3 Å². The Hall–Kier alpha value is -0.770. The van der Waals surface area contributed by atoms with Crippen LogP contribution >= 0.6 is 0 Å². The fraction of sp³-hybridized carbons (Fsp3) is 0.941. The highest BCUT2D eigenvalue weighted by molar-refractivity contribution is 5.67. The van der Waals surface area contributed by atoms with Crippen LogP contribution in [0.1, 0.15) is 58.8 Å². The lowest BCUT2D eigenvalue weighted by Gasteiger charge is -2.32. The van der Waals surface area contributed by atoms with E-state index in [0.717, 1.165) is 38.3 Å². The highest BCUT2D eigenvalue weighted by Crippen LogP contribution is 2.46. The van der Waals surface area contributed by atoms with Crippen molar-refractivity contribution in [1.29, 1.82) is 0 Å². The number of carbonyl (C=O) groups is 1. The van der Waals surface area contributed by atoms with Gasteiger partial charge in [-0.05, 0) is 56.8 Å². The summed E-state index contributed by atoms with van der Waals surface area (Å²) in [6.07, 6.45) is 8.28. The SMILES string of the molecule is CC(C)C(OC(=O)N1CCCCC1)OC1CC2CCC1C2. The summed E-state index contributed by atoms with van der Waals surface area (Å²) in [6.45, 7) is 5.80. The second kappa shape index (κ2) is 6.55. The van der Waals surface area contributed by atoms with Gasteiger partial charge in [0, 0.05) is 19.0 Å². The van der Waals surface area contributed by atoms with Crippen molar-refractivity contribution in [3.8, 4) is 0 Å². The lowest BCUT2D eigenvalue weighted by Crippen LogP contribution is -2.41. The first kappa shape index (κ1) is 15.1. The minimum absolute atomic E-state index is 0.184. The average molecular weight is 295 g/mol. The molecule has 2 aliphatic carbocycles. The Morgan fingerprint density at radius 3 is 2.43 bits per heavy atom. The Morgan fingerprint density at radius 2 is 1.86 bits per heavy atom. The number of likely N-dealkylation sites (tertiary alicyclic amines) is 1. The molecule has 0 aromatic heterocycles. The number of rotatable bonds is 4. The van der Waals surface area contributed by atoms with Gasteiger partial charge in [-0.25, -0.2) is 4.79 Å². The normalized spacial score (nSPS) is 33.5. The molecule has 0 radical (unpaired) electrons. The van der Waals surface area contributed by atoms with Gasteiger partial charge in [-0.2, -0.15) is 0 Å². The zero-order chi connectivity index (χ0) is 14.8. The predicted octanol–water partition coefficient (Wildman–Crippen LogP) is 3.80. The van der Waals surface area contributed by atoms with Crippen molar-refractivity contribution >= 4 is 6.09 Å². The molecule has 0 spiro atoms. The van der Waals surface area contributed by atoms with Crippen LogP contribution in [-0.2, 0) is 9.47 Å². The van der Waals surface area contributed by atoms with E-state index in [2.05, 4.69) is 13.8 Å². The van der Waals surface area contributed by atoms with Gasteiger partial charge >= 0.3 is 6.09 Å². The molecule has 1 amide bonds. The topological polar surface area (TPSA) is 38.8 Å². The molecule has 3 fully saturated rings. The van der Waals surface area contributed by atoms with E-state index in [1.165, 1.54) is 25.7 Å². The Bertz CT molecular complexity index is 365. The van der Waals surface area contributed by atoms with Crippen molar-refractivity contribution in [3.05, 3.63) is 0 Å². The second-order valence-electron chi connectivity index (χ2n) is 7.39. The maximum absolute atomic E-state index is 12.3. The number of fused-ring (bicyclic) bond motifs is 2. The highest BCUT2D eigenvalue weighted by atomic mass is 16.7. The number of amides is 1. The van der Waals surface area contributed by atoms with Gasteiger partial charge in [-0.3, -0.25) is 0 Å². The number of hydrogen-bond acceptors (Lipinski definition) is 3. The molecule has 3 aliphatic rings. The number of nitrogens with zero attached hydrogens (tertiary/aromatic N) is 1. The zero-order valence-electron chi connectivity index (χ0n) is 13.4. The standard InChI is InChI=1S/C17H29NO3/c1-12(2)16(20-15-11-13-6-7-14(15)10-13)21-17(19)18-8-4-3-5-9-18/h12-16H,3-11H2,1-2H3. The highest BCUT2D eigenvalue weighted by Gasteiger charge is 2.42. The molecular formula is C17H29NO3. The van der Waals surface area contributed by atoms with Gasteiger partial charge in [0.05, 0.1) is 6.10 Å². The number of hydrogen-bond donors (Lipinski definition) is 0. The van der Waals surface area contributed by atoms with Gasteiger partial charge < -0.3 is 14.4 Å². The van der Waals surface area contributed by atoms with Crippen LogP contribution in [-0.4, -0.2) is 36.5 Å². The minimum Gasteiger partial charge on any atom is -0.419 e. The van der Waals surface area contributed by atoms with Gasteiger partial charge in [-0.15, -0.1) is 0 Å². The molecular weight excluding hydrogens is 266 g/mol. The molecule has 0 N–H and O–H groups in total. The Kier molecular flexibility index (Phi) is 4.72. The third-order valence-electron chi connectivity index (χ3n) is 5.36. The minimum atomic E-state index is -0.385. The summed E-state index contributed by atoms with van der Waals surface area (Å²) in [6, 6.07) is 0. The summed E-state index contributed by atoms with van der Waals surface area (Å²) in [4.78, 5) is 14.1.